The molecule has 2 aromatic heterocycles. The molecule has 8 heteroatoms. The molecule has 3 heterocycles. The van der Waals surface area contributed by atoms with Crippen molar-refractivity contribution in [2.45, 2.75) is 32.2 Å². The Labute approximate surface area is 223 Å². The summed E-state index contributed by atoms with van der Waals surface area (Å²) in [6.45, 7) is 0.337. The molecule has 184 valence electrons. The van der Waals surface area contributed by atoms with Gasteiger partial charge in [0, 0.05) is 21.7 Å². The number of carbonyl (C=O) groups excluding carboxylic acids is 2. The van der Waals surface area contributed by atoms with Crippen molar-refractivity contribution in [3.8, 4) is 0 Å². The summed E-state index contributed by atoms with van der Waals surface area (Å²) in [4.78, 5) is 39.1. The van der Waals surface area contributed by atoms with E-state index < -0.39 is 0 Å². The highest BCUT2D eigenvalue weighted by molar-refractivity contribution is 7.16. The smallest absolute Gasteiger partial charge is 0.277 e. The number of benzene rings is 2. The zero-order valence-electron chi connectivity index (χ0n) is 19.9. The third kappa shape index (κ3) is 4.45. The van der Waals surface area contributed by atoms with Crippen molar-refractivity contribution in [1.29, 1.82) is 0 Å². The second-order valence-corrected chi connectivity index (χ2v) is 10.5. The average molecular weight is 527 g/mol. The topological polar surface area (TPSA) is 74.7 Å². The molecule has 37 heavy (non-hydrogen) atoms. The molecule has 1 aliphatic heterocycles. The van der Waals surface area contributed by atoms with Gasteiger partial charge in [-0.3, -0.25) is 14.6 Å². The summed E-state index contributed by atoms with van der Waals surface area (Å²) in [5.74, 6) is -0.426. The zero-order valence-corrected chi connectivity index (χ0v) is 21.5. The van der Waals surface area contributed by atoms with Gasteiger partial charge in [-0.05, 0) is 61.1 Å². The van der Waals surface area contributed by atoms with Crippen LogP contribution in [0.3, 0.4) is 0 Å². The van der Waals surface area contributed by atoms with Crippen LogP contribution >= 0.6 is 22.9 Å². The van der Waals surface area contributed by atoms with E-state index in [1.54, 1.807) is 29.4 Å². The van der Waals surface area contributed by atoms with Crippen molar-refractivity contribution in [3.05, 3.63) is 105 Å². The van der Waals surface area contributed by atoms with Crippen LogP contribution in [0.2, 0.25) is 5.02 Å². The fourth-order valence-electron chi connectivity index (χ4n) is 4.92. The predicted octanol–water partition coefficient (Wildman–Crippen LogP) is 6.60. The van der Waals surface area contributed by atoms with Gasteiger partial charge in [-0.15, -0.1) is 11.3 Å². The molecule has 0 bridgehead atoms. The van der Waals surface area contributed by atoms with Gasteiger partial charge >= 0.3 is 0 Å². The molecular formula is C29H23ClN4O2S. The van der Waals surface area contributed by atoms with E-state index in [2.05, 4.69) is 10.3 Å². The van der Waals surface area contributed by atoms with Crippen LogP contribution in [-0.4, -0.2) is 22.5 Å². The standard InChI is InChI=1S/C29H23ClN4O2S/c30-22-12-4-1-8-18(22)17-34-23-13-5-2-10-20(23)26(29(34)36)33-28-25(21-11-3-6-14-24(21)37-28)27(35)32-19-9-7-15-31-16-19/h1-2,4-5,7-10,12-13,15-16H,3,6,11,14,17H2,(H,32,35). The van der Waals surface area contributed by atoms with E-state index in [9.17, 15) is 9.59 Å². The first-order valence-electron chi connectivity index (χ1n) is 12.2. The van der Waals surface area contributed by atoms with Gasteiger partial charge in [0.2, 0.25) is 0 Å². The van der Waals surface area contributed by atoms with Crippen LogP contribution in [0.25, 0.3) is 0 Å². The number of rotatable bonds is 5. The summed E-state index contributed by atoms with van der Waals surface area (Å²) in [6.07, 6.45) is 7.14. The number of hydrogen-bond acceptors (Lipinski definition) is 5. The minimum absolute atomic E-state index is 0.203. The van der Waals surface area contributed by atoms with Gasteiger partial charge in [-0.25, -0.2) is 4.99 Å². The van der Waals surface area contributed by atoms with Gasteiger partial charge in [-0.2, -0.15) is 0 Å². The molecule has 6 rings (SSSR count). The number of anilines is 2. The van der Waals surface area contributed by atoms with Crippen LogP contribution in [0.1, 0.15) is 44.8 Å². The van der Waals surface area contributed by atoms with Gasteiger partial charge in [0.05, 0.1) is 29.7 Å². The molecule has 0 unspecified atom stereocenters. The number of para-hydroxylation sites is 1. The largest absolute Gasteiger partial charge is 0.320 e. The number of aryl methyl sites for hydroxylation is 1. The summed E-state index contributed by atoms with van der Waals surface area (Å²) >= 11 is 7.92. The molecule has 4 aromatic rings. The zero-order chi connectivity index (χ0) is 25.4. The van der Waals surface area contributed by atoms with E-state index in [0.717, 1.165) is 48.1 Å². The Morgan fingerprint density at radius 2 is 1.86 bits per heavy atom. The second-order valence-electron chi connectivity index (χ2n) is 9.05. The summed E-state index contributed by atoms with van der Waals surface area (Å²) < 4.78 is 0. The van der Waals surface area contributed by atoms with Crippen LogP contribution in [0.5, 0.6) is 0 Å². The Kier molecular flexibility index (Phi) is 6.32. The molecule has 1 aliphatic carbocycles. The number of aliphatic imine (C=N–C) groups is 1. The lowest BCUT2D eigenvalue weighted by Gasteiger charge is -2.17. The van der Waals surface area contributed by atoms with E-state index in [1.807, 2.05) is 48.5 Å². The maximum atomic E-state index is 13.7. The van der Waals surface area contributed by atoms with Gasteiger partial charge in [0.25, 0.3) is 11.8 Å². The van der Waals surface area contributed by atoms with Crippen LogP contribution < -0.4 is 10.2 Å². The van der Waals surface area contributed by atoms with Gasteiger partial charge < -0.3 is 10.2 Å². The summed E-state index contributed by atoms with van der Waals surface area (Å²) in [5.41, 5.74) is 4.97. The Balaban J connectivity index is 1.42. The van der Waals surface area contributed by atoms with Crippen molar-refractivity contribution >= 4 is 56.8 Å². The lowest BCUT2D eigenvalue weighted by atomic mass is 9.95. The fourth-order valence-corrected chi connectivity index (χ4v) is 6.38. The molecule has 2 aliphatic rings. The minimum atomic E-state index is -0.224. The maximum Gasteiger partial charge on any atom is 0.277 e. The predicted molar refractivity (Wildman–Crippen MR) is 148 cm³/mol. The Morgan fingerprint density at radius 3 is 2.70 bits per heavy atom. The average Bonchev–Trinajstić information content (AvgIpc) is 3.41. The van der Waals surface area contributed by atoms with E-state index >= 15 is 0 Å². The Bertz CT molecular complexity index is 1550. The van der Waals surface area contributed by atoms with Gasteiger partial charge in [0.1, 0.15) is 10.7 Å². The SMILES string of the molecule is O=C(Nc1cccnc1)c1c(N=C2C(=O)N(Cc3ccccc3Cl)c3ccccc32)sc2c1CCCC2. The molecule has 2 amide bonds. The molecule has 1 N–H and O–H groups in total. The first-order chi connectivity index (χ1) is 18.1. The number of nitrogens with one attached hydrogen (secondary N) is 1. The molecule has 2 aromatic carbocycles. The number of carbonyl (C=O) groups is 2. The van der Waals surface area contributed by atoms with E-state index in [-0.39, 0.29) is 11.8 Å². The van der Waals surface area contributed by atoms with Crippen LogP contribution in [0, 0.1) is 0 Å². The van der Waals surface area contributed by atoms with Crippen LogP contribution in [0.15, 0.2) is 78.0 Å². The number of aromatic nitrogens is 1. The minimum Gasteiger partial charge on any atom is -0.320 e. The third-order valence-electron chi connectivity index (χ3n) is 6.70. The van der Waals surface area contributed by atoms with E-state index in [0.29, 0.717) is 33.5 Å². The van der Waals surface area contributed by atoms with Crippen molar-refractivity contribution in [3.63, 3.8) is 0 Å². The first-order valence-corrected chi connectivity index (χ1v) is 13.4. The lowest BCUT2D eigenvalue weighted by molar-refractivity contribution is -0.112. The molecule has 0 atom stereocenters. The highest BCUT2D eigenvalue weighted by atomic mass is 35.5. The van der Waals surface area contributed by atoms with Crippen molar-refractivity contribution < 1.29 is 9.59 Å². The Hall–Kier alpha value is -3.81. The fraction of sp³-hybridized carbons (Fsp3) is 0.172. The molecular weight excluding hydrogens is 504 g/mol. The number of hydrogen-bond donors (Lipinski definition) is 1. The number of nitrogens with zero attached hydrogens (tertiary/aromatic N) is 3. The molecule has 0 radical (unpaired) electrons. The number of halogens is 1. The molecule has 0 spiro atoms. The molecule has 0 fully saturated rings. The Morgan fingerprint density at radius 1 is 1.05 bits per heavy atom. The summed E-state index contributed by atoms with van der Waals surface area (Å²) in [5, 5.41) is 4.15. The summed E-state index contributed by atoms with van der Waals surface area (Å²) in [6, 6.07) is 18.7. The third-order valence-corrected chi connectivity index (χ3v) is 8.25. The van der Waals surface area contributed by atoms with Crippen LogP contribution in [0.4, 0.5) is 16.4 Å². The number of pyridine rings is 1. The van der Waals surface area contributed by atoms with Crippen molar-refractivity contribution in [2.75, 3.05) is 10.2 Å². The van der Waals surface area contributed by atoms with Gasteiger partial charge in [0.15, 0.2) is 0 Å². The monoisotopic (exact) mass is 526 g/mol. The lowest BCUT2D eigenvalue weighted by Crippen LogP contribution is -2.29. The molecule has 0 saturated carbocycles. The highest BCUT2D eigenvalue weighted by Gasteiger charge is 2.35. The first kappa shape index (κ1) is 23.6. The second kappa shape index (κ2) is 9.92. The number of fused-ring (bicyclic) bond motifs is 2. The molecule has 6 nitrogen and oxygen atoms in total. The number of amides is 2. The van der Waals surface area contributed by atoms with Crippen molar-refractivity contribution in [2.24, 2.45) is 4.99 Å². The number of thiophene rings is 1. The van der Waals surface area contributed by atoms with Crippen molar-refractivity contribution in [1.82, 2.24) is 4.98 Å². The van der Waals surface area contributed by atoms with E-state index in [4.69, 9.17) is 16.6 Å². The normalized spacial score (nSPS) is 15.5. The van der Waals surface area contributed by atoms with E-state index in [1.165, 1.54) is 16.2 Å². The molecule has 0 saturated heterocycles. The maximum absolute atomic E-state index is 13.7. The summed E-state index contributed by atoms with van der Waals surface area (Å²) in [7, 11) is 0. The van der Waals surface area contributed by atoms with Crippen LogP contribution in [-0.2, 0) is 24.2 Å². The highest BCUT2D eigenvalue weighted by Crippen LogP contribution is 2.42. The van der Waals surface area contributed by atoms with Gasteiger partial charge in [-0.1, -0.05) is 48.0 Å². The quantitative estimate of drug-likeness (QED) is 0.318.